The van der Waals surface area contributed by atoms with Gasteiger partial charge in [-0.2, -0.15) is 0 Å². The van der Waals surface area contributed by atoms with Crippen LogP contribution >= 0.6 is 15.9 Å². The second kappa shape index (κ2) is 7.03. The number of benzene rings is 1. The number of carbonyl (C=O) groups excluding carboxylic acids is 1. The topological polar surface area (TPSA) is 42.0 Å². The Bertz CT molecular complexity index is 625. The van der Waals surface area contributed by atoms with Gasteiger partial charge in [-0.1, -0.05) is 54.0 Å². The number of hydrogen-bond acceptors (Lipinski definition) is 2. The number of para-hydroxylation sites is 1. The molecule has 0 aliphatic heterocycles. The van der Waals surface area contributed by atoms with E-state index in [0.717, 1.165) is 29.1 Å². The molecule has 0 aliphatic carbocycles. The SMILES string of the molecule is CC(C)(CCCBr)CNC(=O)c1ccc2ccccc2n1. The van der Waals surface area contributed by atoms with Gasteiger partial charge >= 0.3 is 0 Å². The van der Waals surface area contributed by atoms with Crippen molar-refractivity contribution in [2.24, 2.45) is 5.41 Å². The summed E-state index contributed by atoms with van der Waals surface area (Å²) in [7, 11) is 0. The molecule has 0 spiro atoms. The summed E-state index contributed by atoms with van der Waals surface area (Å²) in [5, 5.41) is 5.04. The van der Waals surface area contributed by atoms with Gasteiger partial charge in [0.15, 0.2) is 0 Å². The standard InChI is InChI=1S/C17H21BrN2O/c1-17(2,10-5-11-18)12-19-16(21)15-9-8-13-6-3-4-7-14(13)20-15/h3-4,6-9H,5,10-12H2,1-2H3,(H,19,21). The average Bonchev–Trinajstić information content (AvgIpc) is 2.50. The van der Waals surface area contributed by atoms with E-state index in [9.17, 15) is 4.79 Å². The van der Waals surface area contributed by atoms with Crippen LogP contribution in [0.15, 0.2) is 36.4 Å². The molecule has 1 heterocycles. The van der Waals surface area contributed by atoms with E-state index in [0.29, 0.717) is 12.2 Å². The Labute approximate surface area is 134 Å². The number of nitrogens with zero attached hydrogens (tertiary/aromatic N) is 1. The summed E-state index contributed by atoms with van der Waals surface area (Å²) in [6.07, 6.45) is 2.18. The maximum absolute atomic E-state index is 12.2. The average molecular weight is 349 g/mol. The quantitative estimate of drug-likeness (QED) is 0.796. The zero-order valence-corrected chi connectivity index (χ0v) is 14.1. The summed E-state index contributed by atoms with van der Waals surface area (Å²) < 4.78 is 0. The molecular weight excluding hydrogens is 328 g/mol. The summed E-state index contributed by atoms with van der Waals surface area (Å²) in [5.41, 5.74) is 1.42. The number of fused-ring (bicyclic) bond motifs is 1. The minimum Gasteiger partial charge on any atom is -0.350 e. The minimum atomic E-state index is -0.104. The molecule has 1 N–H and O–H groups in total. The molecule has 1 aromatic carbocycles. The third kappa shape index (κ3) is 4.53. The first-order chi connectivity index (χ1) is 10.0. The largest absolute Gasteiger partial charge is 0.350 e. The van der Waals surface area contributed by atoms with Crippen molar-refractivity contribution >= 4 is 32.7 Å². The fourth-order valence-corrected chi connectivity index (χ4v) is 2.52. The van der Waals surface area contributed by atoms with Gasteiger partial charge in [-0.15, -0.1) is 0 Å². The van der Waals surface area contributed by atoms with Crippen molar-refractivity contribution in [3.8, 4) is 0 Å². The maximum Gasteiger partial charge on any atom is 0.269 e. The van der Waals surface area contributed by atoms with Crippen LogP contribution in [0.5, 0.6) is 0 Å². The van der Waals surface area contributed by atoms with E-state index < -0.39 is 0 Å². The molecule has 3 nitrogen and oxygen atoms in total. The minimum absolute atomic E-state index is 0.0975. The smallest absolute Gasteiger partial charge is 0.269 e. The molecule has 112 valence electrons. The lowest BCUT2D eigenvalue weighted by Gasteiger charge is -2.24. The first-order valence-electron chi connectivity index (χ1n) is 7.22. The Morgan fingerprint density at radius 1 is 1.24 bits per heavy atom. The molecule has 0 aliphatic rings. The first kappa shape index (κ1) is 16.0. The van der Waals surface area contributed by atoms with Gasteiger partial charge in [0.25, 0.3) is 5.91 Å². The highest BCUT2D eigenvalue weighted by Gasteiger charge is 2.19. The lowest BCUT2D eigenvalue weighted by atomic mass is 9.88. The van der Waals surface area contributed by atoms with Crippen molar-refractivity contribution in [2.45, 2.75) is 26.7 Å². The number of rotatable bonds is 6. The van der Waals surface area contributed by atoms with E-state index in [-0.39, 0.29) is 11.3 Å². The molecule has 4 heteroatoms. The third-order valence-corrected chi connectivity index (χ3v) is 4.11. The van der Waals surface area contributed by atoms with Gasteiger partial charge in [-0.3, -0.25) is 4.79 Å². The molecule has 0 bridgehead atoms. The van der Waals surface area contributed by atoms with Gasteiger partial charge in [-0.25, -0.2) is 4.98 Å². The summed E-state index contributed by atoms with van der Waals surface area (Å²) in [5.74, 6) is -0.104. The Hall–Kier alpha value is -1.42. The van der Waals surface area contributed by atoms with E-state index in [2.05, 4.69) is 40.1 Å². The Morgan fingerprint density at radius 3 is 2.76 bits per heavy atom. The fourth-order valence-electron chi connectivity index (χ4n) is 2.24. The van der Waals surface area contributed by atoms with Gasteiger partial charge in [0.2, 0.25) is 0 Å². The van der Waals surface area contributed by atoms with Crippen LogP contribution < -0.4 is 5.32 Å². The molecule has 1 amide bonds. The number of aromatic nitrogens is 1. The molecule has 21 heavy (non-hydrogen) atoms. The van der Waals surface area contributed by atoms with Gasteiger partial charge in [0.05, 0.1) is 5.52 Å². The van der Waals surface area contributed by atoms with E-state index in [1.165, 1.54) is 0 Å². The number of alkyl halides is 1. The monoisotopic (exact) mass is 348 g/mol. The van der Waals surface area contributed by atoms with Crippen LogP contribution in [0.2, 0.25) is 0 Å². The molecule has 0 atom stereocenters. The van der Waals surface area contributed by atoms with Crippen molar-refractivity contribution in [3.05, 3.63) is 42.1 Å². The van der Waals surface area contributed by atoms with Crippen LogP contribution in [-0.4, -0.2) is 22.8 Å². The van der Waals surface area contributed by atoms with E-state index in [1.54, 1.807) is 6.07 Å². The molecule has 2 aromatic rings. The van der Waals surface area contributed by atoms with Crippen LogP contribution in [0, 0.1) is 5.41 Å². The van der Waals surface area contributed by atoms with Crippen LogP contribution in [0.4, 0.5) is 0 Å². The zero-order valence-electron chi connectivity index (χ0n) is 12.5. The van der Waals surface area contributed by atoms with Crippen LogP contribution in [-0.2, 0) is 0 Å². The lowest BCUT2D eigenvalue weighted by Crippen LogP contribution is -2.34. The second-order valence-electron chi connectivity index (χ2n) is 6.03. The Balaban J connectivity index is 2.02. The molecular formula is C17H21BrN2O. The molecule has 1 aromatic heterocycles. The zero-order chi connectivity index (χ0) is 15.3. The van der Waals surface area contributed by atoms with Gasteiger partial charge in [0.1, 0.15) is 5.69 Å². The molecule has 0 fully saturated rings. The second-order valence-corrected chi connectivity index (χ2v) is 6.82. The summed E-state index contributed by atoms with van der Waals surface area (Å²) in [6.45, 7) is 5.00. The summed E-state index contributed by atoms with van der Waals surface area (Å²) in [6, 6.07) is 11.5. The van der Waals surface area contributed by atoms with Gasteiger partial charge in [0, 0.05) is 17.3 Å². The molecule has 0 unspecified atom stereocenters. The Kier molecular flexibility index (Phi) is 5.34. The predicted octanol–water partition coefficient (Wildman–Crippen LogP) is 4.17. The number of amides is 1. The van der Waals surface area contributed by atoms with E-state index in [1.807, 2.05) is 30.3 Å². The first-order valence-corrected chi connectivity index (χ1v) is 8.34. The van der Waals surface area contributed by atoms with Crippen molar-refractivity contribution < 1.29 is 4.79 Å². The molecule has 0 saturated heterocycles. The highest BCUT2D eigenvalue weighted by Crippen LogP contribution is 2.21. The maximum atomic E-state index is 12.2. The number of pyridine rings is 1. The highest BCUT2D eigenvalue weighted by molar-refractivity contribution is 9.09. The summed E-state index contributed by atoms with van der Waals surface area (Å²) >= 11 is 3.44. The van der Waals surface area contributed by atoms with Crippen molar-refractivity contribution in [1.82, 2.24) is 10.3 Å². The molecule has 0 radical (unpaired) electrons. The van der Waals surface area contributed by atoms with E-state index >= 15 is 0 Å². The van der Waals surface area contributed by atoms with Crippen molar-refractivity contribution in [2.75, 3.05) is 11.9 Å². The van der Waals surface area contributed by atoms with Gasteiger partial charge < -0.3 is 5.32 Å². The number of nitrogens with one attached hydrogen (secondary N) is 1. The molecule has 0 saturated carbocycles. The van der Waals surface area contributed by atoms with Crippen molar-refractivity contribution in [1.29, 1.82) is 0 Å². The van der Waals surface area contributed by atoms with Crippen LogP contribution in [0.25, 0.3) is 10.9 Å². The summed E-state index contributed by atoms with van der Waals surface area (Å²) in [4.78, 5) is 16.6. The van der Waals surface area contributed by atoms with E-state index in [4.69, 9.17) is 0 Å². The normalized spacial score (nSPS) is 11.6. The predicted molar refractivity (Wildman–Crippen MR) is 90.9 cm³/mol. The number of hydrogen-bond donors (Lipinski definition) is 1. The number of halogens is 1. The van der Waals surface area contributed by atoms with Gasteiger partial charge in [-0.05, 0) is 30.4 Å². The van der Waals surface area contributed by atoms with Crippen LogP contribution in [0.1, 0.15) is 37.2 Å². The number of carbonyl (C=O) groups is 1. The fraction of sp³-hybridized carbons (Fsp3) is 0.412. The lowest BCUT2D eigenvalue weighted by molar-refractivity contribution is 0.0930. The van der Waals surface area contributed by atoms with Crippen molar-refractivity contribution in [3.63, 3.8) is 0 Å². The third-order valence-electron chi connectivity index (χ3n) is 3.55. The highest BCUT2D eigenvalue weighted by atomic mass is 79.9. The molecule has 2 rings (SSSR count). The Morgan fingerprint density at radius 2 is 2.00 bits per heavy atom. The van der Waals surface area contributed by atoms with Crippen LogP contribution in [0.3, 0.4) is 0 Å².